The number of likely N-dealkylation sites (N-methyl/N-ethyl adjacent to an activating group) is 1. The Morgan fingerprint density at radius 1 is 1.00 bits per heavy atom. The van der Waals surface area contributed by atoms with Crippen molar-refractivity contribution in [1.29, 1.82) is 0 Å². The monoisotopic (exact) mass is 567 g/mol. The number of para-hydroxylation sites is 1. The van der Waals surface area contributed by atoms with Crippen LogP contribution in [0.2, 0.25) is 10.0 Å². The first kappa shape index (κ1) is 28.8. The molecule has 0 aliphatic heterocycles. The lowest BCUT2D eigenvalue weighted by atomic mass is 10.1. The molecule has 6 nitrogen and oxygen atoms in total. The molecule has 0 bridgehead atoms. The van der Waals surface area contributed by atoms with E-state index < -0.39 is 5.91 Å². The summed E-state index contributed by atoms with van der Waals surface area (Å²) in [5, 5.41) is 4.15. The van der Waals surface area contributed by atoms with E-state index in [1.807, 2.05) is 55.5 Å². The van der Waals surface area contributed by atoms with Crippen LogP contribution in [0, 0.1) is 18.8 Å². The molecule has 0 aliphatic rings. The van der Waals surface area contributed by atoms with Gasteiger partial charge in [-0.15, -0.1) is 12.4 Å². The highest BCUT2D eigenvalue weighted by molar-refractivity contribution is 6.38. The fourth-order valence-electron chi connectivity index (χ4n) is 3.56. The molecule has 3 aromatic carbocycles. The van der Waals surface area contributed by atoms with Gasteiger partial charge in [-0.2, -0.15) is 0 Å². The lowest BCUT2D eigenvalue weighted by Gasteiger charge is -2.21. The smallest absolute Gasteiger partial charge is 0.296 e. The number of carbonyl (C=O) groups is 2. The van der Waals surface area contributed by atoms with Crippen LogP contribution in [0.4, 0.5) is 5.69 Å². The zero-order chi connectivity index (χ0) is 26.4. The predicted molar refractivity (Wildman–Crippen MR) is 154 cm³/mol. The molecule has 1 heterocycles. The summed E-state index contributed by atoms with van der Waals surface area (Å²) in [5.41, 5.74) is 3.29. The molecular formula is C29H24Cl3N3O3. The average Bonchev–Trinajstić information content (AvgIpc) is 2.90. The summed E-state index contributed by atoms with van der Waals surface area (Å²) in [6, 6.07) is 22.0. The number of carbonyl (C=O) groups excluding carboxylic acids is 2. The molecular weight excluding hydrogens is 545 g/mol. The number of halogens is 3. The first-order chi connectivity index (χ1) is 17.8. The van der Waals surface area contributed by atoms with Crippen molar-refractivity contribution in [2.45, 2.75) is 13.5 Å². The molecule has 2 amide bonds. The second-order valence-corrected chi connectivity index (χ2v) is 8.96. The standard InChI is InChI=1S/C29H23Cl2N3O3.ClH/c1-19-11-13-21-9-6-10-25(29(21)33-19)37-18-22-23(30)14-15-24(28(22)31)34(2)27(36)17-32-26(35)16-12-20-7-4-3-5-8-20;/h3-11,13-15H,17-18H2,1-2H3,(H,32,35);1H. The van der Waals surface area contributed by atoms with Crippen LogP contribution in [0.25, 0.3) is 10.9 Å². The van der Waals surface area contributed by atoms with E-state index >= 15 is 0 Å². The predicted octanol–water partition coefficient (Wildman–Crippen LogP) is 5.98. The normalized spacial score (nSPS) is 10.1. The topological polar surface area (TPSA) is 71.5 Å². The van der Waals surface area contributed by atoms with Crippen molar-refractivity contribution < 1.29 is 14.3 Å². The molecule has 0 aliphatic carbocycles. The quantitative estimate of drug-likeness (QED) is 0.291. The lowest BCUT2D eigenvalue weighted by Crippen LogP contribution is -2.38. The molecule has 4 aromatic rings. The minimum atomic E-state index is -0.555. The van der Waals surface area contributed by atoms with E-state index in [0.29, 0.717) is 27.6 Å². The second-order valence-electron chi connectivity index (χ2n) is 8.18. The molecule has 1 N–H and O–H groups in total. The zero-order valence-electron chi connectivity index (χ0n) is 20.6. The summed E-state index contributed by atoms with van der Waals surface area (Å²) in [5.74, 6) is 4.90. The number of rotatable bonds is 6. The third-order valence-electron chi connectivity index (χ3n) is 5.59. The molecule has 0 unspecified atom stereocenters. The Bertz CT molecular complexity index is 1530. The van der Waals surface area contributed by atoms with Crippen LogP contribution >= 0.6 is 35.6 Å². The maximum Gasteiger partial charge on any atom is 0.296 e. The van der Waals surface area contributed by atoms with Crippen molar-refractivity contribution in [3.8, 4) is 17.6 Å². The van der Waals surface area contributed by atoms with Gasteiger partial charge in [-0.1, -0.05) is 65.5 Å². The Morgan fingerprint density at radius 3 is 2.53 bits per heavy atom. The second kappa shape index (κ2) is 13.2. The maximum atomic E-state index is 12.8. The van der Waals surface area contributed by atoms with Gasteiger partial charge in [0.2, 0.25) is 5.91 Å². The molecule has 0 radical (unpaired) electrons. The number of anilines is 1. The number of pyridine rings is 1. The zero-order valence-corrected chi connectivity index (χ0v) is 23.0. The van der Waals surface area contributed by atoms with Gasteiger partial charge < -0.3 is 15.0 Å². The summed E-state index contributed by atoms with van der Waals surface area (Å²) < 4.78 is 6.05. The fourth-order valence-corrected chi connectivity index (χ4v) is 4.17. The number of nitrogens with one attached hydrogen (secondary N) is 1. The van der Waals surface area contributed by atoms with E-state index in [1.54, 1.807) is 31.3 Å². The molecule has 0 spiro atoms. The van der Waals surface area contributed by atoms with Gasteiger partial charge in [0, 0.05) is 40.2 Å². The molecule has 0 atom stereocenters. The van der Waals surface area contributed by atoms with E-state index in [2.05, 4.69) is 22.1 Å². The van der Waals surface area contributed by atoms with E-state index in [4.69, 9.17) is 27.9 Å². The van der Waals surface area contributed by atoms with Gasteiger partial charge in [-0.25, -0.2) is 4.98 Å². The molecule has 1 aromatic heterocycles. The van der Waals surface area contributed by atoms with E-state index in [-0.39, 0.29) is 36.5 Å². The van der Waals surface area contributed by atoms with Gasteiger partial charge in [0.05, 0.1) is 17.3 Å². The Balaban J connectivity index is 0.00000400. The number of fused-ring (bicyclic) bond motifs is 1. The van der Waals surface area contributed by atoms with E-state index in [1.165, 1.54) is 4.90 Å². The Kier molecular flexibility index (Phi) is 9.98. The number of hydrogen-bond acceptors (Lipinski definition) is 4. The average molecular weight is 569 g/mol. The molecule has 38 heavy (non-hydrogen) atoms. The van der Waals surface area contributed by atoms with Crippen LogP contribution in [0.1, 0.15) is 16.8 Å². The number of hydrogen-bond donors (Lipinski definition) is 1. The maximum absolute atomic E-state index is 12.8. The van der Waals surface area contributed by atoms with Crippen molar-refractivity contribution in [1.82, 2.24) is 10.3 Å². The Labute approximate surface area is 237 Å². The Hall–Kier alpha value is -3.76. The molecule has 0 saturated carbocycles. The summed E-state index contributed by atoms with van der Waals surface area (Å²) in [6.45, 7) is 1.75. The van der Waals surface area contributed by atoms with Crippen LogP contribution in [0.15, 0.2) is 72.8 Å². The van der Waals surface area contributed by atoms with E-state index in [0.717, 1.165) is 16.6 Å². The number of aryl methyl sites for hydroxylation is 1. The summed E-state index contributed by atoms with van der Waals surface area (Å²) in [4.78, 5) is 30.8. The van der Waals surface area contributed by atoms with Gasteiger partial charge in [-0.3, -0.25) is 9.59 Å². The number of amides is 2. The van der Waals surface area contributed by atoms with Gasteiger partial charge in [-0.05, 0) is 43.3 Å². The van der Waals surface area contributed by atoms with Crippen LogP contribution in [0.5, 0.6) is 5.75 Å². The van der Waals surface area contributed by atoms with Crippen molar-refractivity contribution in [2.24, 2.45) is 0 Å². The van der Waals surface area contributed by atoms with Crippen molar-refractivity contribution in [3.63, 3.8) is 0 Å². The number of benzene rings is 3. The van der Waals surface area contributed by atoms with Crippen LogP contribution in [-0.2, 0) is 16.2 Å². The molecule has 0 fully saturated rings. The molecule has 194 valence electrons. The fraction of sp³-hybridized carbons (Fsp3) is 0.138. The minimum Gasteiger partial charge on any atom is -0.487 e. The minimum absolute atomic E-state index is 0. The largest absolute Gasteiger partial charge is 0.487 e. The molecule has 9 heteroatoms. The first-order valence-electron chi connectivity index (χ1n) is 11.4. The van der Waals surface area contributed by atoms with Gasteiger partial charge in [0.1, 0.15) is 17.9 Å². The van der Waals surface area contributed by atoms with Crippen molar-refractivity contribution in [2.75, 3.05) is 18.5 Å². The number of aromatic nitrogens is 1. The van der Waals surface area contributed by atoms with Gasteiger partial charge >= 0.3 is 0 Å². The van der Waals surface area contributed by atoms with Gasteiger partial charge in [0.25, 0.3) is 5.91 Å². The highest BCUT2D eigenvalue weighted by Crippen LogP contribution is 2.35. The molecule has 4 rings (SSSR count). The van der Waals surface area contributed by atoms with Gasteiger partial charge in [0.15, 0.2) is 0 Å². The first-order valence-corrected chi connectivity index (χ1v) is 12.2. The Morgan fingerprint density at radius 2 is 1.76 bits per heavy atom. The molecule has 0 saturated heterocycles. The van der Waals surface area contributed by atoms with Crippen LogP contribution in [0.3, 0.4) is 0 Å². The van der Waals surface area contributed by atoms with E-state index in [9.17, 15) is 9.59 Å². The summed E-state index contributed by atoms with van der Waals surface area (Å²) >= 11 is 13.1. The highest BCUT2D eigenvalue weighted by atomic mass is 35.5. The number of nitrogens with zero attached hydrogens (tertiary/aromatic N) is 2. The number of ether oxygens (including phenoxy) is 1. The van der Waals surface area contributed by atoms with Crippen LogP contribution < -0.4 is 15.0 Å². The van der Waals surface area contributed by atoms with Crippen molar-refractivity contribution >= 4 is 64.0 Å². The van der Waals surface area contributed by atoms with Crippen LogP contribution in [-0.4, -0.2) is 30.4 Å². The summed E-state index contributed by atoms with van der Waals surface area (Å²) in [6.07, 6.45) is 0. The highest BCUT2D eigenvalue weighted by Gasteiger charge is 2.19. The third-order valence-corrected chi connectivity index (χ3v) is 6.37. The lowest BCUT2D eigenvalue weighted by molar-refractivity contribution is -0.121. The third kappa shape index (κ3) is 6.96. The summed E-state index contributed by atoms with van der Waals surface area (Å²) in [7, 11) is 1.57. The SMILES string of the molecule is Cc1ccc2cccc(OCc3c(Cl)ccc(N(C)C(=O)CNC(=O)C#Cc4ccccc4)c3Cl)c2n1.Cl. The van der Waals surface area contributed by atoms with Crippen molar-refractivity contribution in [3.05, 3.63) is 99.7 Å².